The molecule has 0 aromatic heterocycles. The standard InChI is InChI=1S/C20H19F2NO2/c1-13(24)19-17(22)3-2-4-18(19)23-11-9-15(10-12-23)20(25)14-5-7-16(21)8-6-14/h2-8,15H,9-12H2,1H3. The van der Waals surface area contributed by atoms with Crippen molar-refractivity contribution >= 4 is 17.3 Å². The monoisotopic (exact) mass is 343 g/mol. The van der Waals surface area contributed by atoms with Crippen LogP contribution in [0.25, 0.3) is 0 Å². The molecule has 1 aliphatic heterocycles. The van der Waals surface area contributed by atoms with Crippen LogP contribution in [0.2, 0.25) is 0 Å². The van der Waals surface area contributed by atoms with Gasteiger partial charge in [-0.05, 0) is 56.2 Å². The molecular weight excluding hydrogens is 324 g/mol. The Morgan fingerprint density at radius 2 is 1.64 bits per heavy atom. The number of rotatable bonds is 4. The van der Waals surface area contributed by atoms with Gasteiger partial charge in [0.15, 0.2) is 11.6 Å². The smallest absolute Gasteiger partial charge is 0.166 e. The summed E-state index contributed by atoms with van der Waals surface area (Å²) in [7, 11) is 0. The van der Waals surface area contributed by atoms with Crippen molar-refractivity contribution in [3.63, 3.8) is 0 Å². The Bertz CT molecular complexity index is 794. The number of carbonyl (C=O) groups is 2. The first-order chi connectivity index (χ1) is 12.0. The molecule has 0 N–H and O–H groups in total. The fraction of sp³-hybridized carbons (Fsp3) is 0.300. The molecule has 0 amide bonds. The van der Waals surface area contributed by atoms with Crippen molar-refractivity contribution in [2.75, 3.05) is 18.0 Å². The van der Waals surface area contributed by atoms with Gasteiger partial charge >= 0.3 is 0 Å². The Labute approximate surface area is 145 Å². The van der Waals surface area contributed by atoms with Gasteiger partial charge in [0.1, 0.15) is 11.6 Å². The predicted molar refractivity (Wildman–Crippen MR) is 92.1 cm³/mol. The number of hydrogen-bond acceptors (Lipinski definition) is 3. The van der Waals surface area contributed by atoms with Crippen molar-refractivity contribution in [3.8, 4) is 0 Å². The van der Waals surface area contributed by atoms with Crippen LogP contribution in [0.15, 0.2) is 42.5 Å². The minimum Gasteiger partial charge on any atom is -0.371 e. The average molecular weight is 343 g/mol. The topological polar surface area (TPSA) is 37.4 Å². The maximum atomic E-state index is 14.0. The first-order valence-electron chi connectivity index (χ1n) is 8.31. The lowest BCUT2D eigenvalue weighted by molar-refractivity contribution is 0.0899. The number of ketones is 2. The van der Waals surface area contributed by atoms with Gasteiger partial charge < -0.3 is 4.90 Å². The van der Waals surface area contributed by atoms with Crippen LogP contribution in [0.5, 0.6) is 0 Å². The number of anilines is 1. The predicted octanol–water partition coefficient (Wildman–Crippen LogP) is 4.27. The summed E-state index contributed by atoms with van der Waals surface area (Å²) in [4.78, 5) is 26.2. The van der Waals surface area contributed by atoms with E-state index in [9.17, 15) is 18.4 Å². The Hall–Kier alpha value is -2.56. The largest absolute Gasteiger partial charge is 0.371 e. The molecule has 2 aromatic rings. The first-order valence-corrected chi connectivity index (χ1v) is 8.31. The summed E-state index contributed by atoms with van der Waals surface area (Å²) < 4.78 is 27.0. The van der Waals surface area contributed by atoms with Crippen LogP contribution in [-0.2, 0) is 0 Å². The second-order valence-electron chi connectivity index (χ2n) is 6.32. The zero-order chi connectivity index (χ0) is 18.0. The van der Waals surface area contributed by atoms with Crippen molar-refractivity contribution in [1.29, 1.82) is 0 Å². The van der Waals surface area contributed by atoms with Crippen molar-refractivity contribution in [2.45, 2.75) is 19.8 Å². The van der Waals surface area contributed by atoms with Crippen LogP contribution in [0.4, 0.5) is 14.5 Å². The van der Waals surface area contributed by atoms with Gasteiger partial charge in [-0.2, -0.15) is 0 Å². The van der Waals surface area contributed by atoms with Crippen molar-refractivity contribution < 1.29 is 18.4 Å². The second-order valence-corrected chi connectivity index (χ2v) is 6.32. The molecule has 0 saturated carbocycles. The van der Waals surface area contributed by atoms with Crippen LogP contribution >= 0.6 is 0 Å². The number of Topliss-reactive ketones (excluding diaryl/α,β-unsaturated/α-hetero) is 2. The van der Waals surface area contributed by atoms with Crippen molar-refractivity contribution in [2.24, 2.45) is 5.92 Å². The molecule has 0 unspecified atom stereocenters. The number of nitrogens with zero attached hydrogens (tertiary/aromatic N) is 1. The second kappa shape index (κ2) is 7.13. The summed E-state index contributed by atoms with van der Waals surface area (Å²) in [5.41, 5.74) is 1.20. The molecule has 130 valence electrons. The summed E-state index contributed by atoms with van der Waals surface area (Å²) in [6, 6.07) is 10.2. The number of benzene rings is 2. The van der Waals surface area contributed by atoms with Gasteiger partial charge in [0.2, 0.25) is 0 Å². The summed E-state index contributed by atoms with van der Waals surface area (Å²) in [6.07, 6.45) is 1.23. The maximum absolute atomic E-state index is 14.0. The Morgan fingerprint density at radius 1 is 1.00 bits per heavy atom. The lowest BCUT2D eigenvalue weighted by atomic mass is 9.88. The van der Waals surface area contributed by atoms with E-state index in [0.717, 1.165) is 0 Å². The van der Waals surface area contributed by atoms with Gasteiger partial charge in [-0.15, -0.1) is 0 Å². The fourth-order valence-electron chi connectivity index (χ4n) is 3.36. The van der Waals surface area contributed by atoms with Gasteiger partial charge in [0, 0.05) is 24.6 Å². The fourth-order valence-corrected chi connectivity index (χ4v) is 3.36. The molecule has 1 saturated heterocycles. The van der Waals surface area contributed by atoms with Gasteiger partial charge in [-0.25, -0.2) is 8.78 Å². The van der Waals surface area contributed by atoms with E-state index in [0.29, 0.717) is 37.2 Å². The van der Waals surface area contributed by atoms with E-state index in [1.807, 2.05) is 4.90 Å². The van der Waals surface area contributed by atoms with Crippen LogP contribution in [-0.4, -0.2) is 24.7 Å². The highest BCUT2D eigenvalue weighted by atomic mass is 19.1. The molecule has 1 aliphatic rings. The average Bonchev–Trinajstić information content (AvgIpc) is 2.61. The highest BCUT2D eigenvalue weighted by Gasteiger charge is 2.28. The van der Waals surface area contributed by atoms with E-state index in [-0.39, 0.29) is 28.9 Å². The molecule has 3 rings (SSSR count). The van der Waals surface area contributed by atoms with Gasteiger partial charge in [0.25, 0.3) is 0 Å². The van der Waals surface area contributed by atoms with Crippen molar-refractivity contribution in [3.05, 3.63) is 65.2 Å². The summed E-state index contributed by atoms with van der Waals surface area (Å²) in [5, 5.41) is 0. The zero-order valence-electron chi connectivity index (χ0n) is 14.0. The lowest BCUT2D eigenvalue weighted by Crippen LogP contribution is -2.37. The Kier molecular flexibility index (Phi) is 4.93. The highest BCUT2D eigenvalue weighted by molar-refractivity contribution is 6.00. The highest BCUT2D eigenvalue weighted by Crippen LogP contribution is 2.29. The normalized spacial score (nSPS) is 15.2. The van der Waals surface area contributed by atoms with E-state index in [1.54, 1.807) is 12.1 Å². The van der Waals surface area contributed by atoms with E-state index >= 15 is 0 Å². The van der Waals surface area contributed by atoms with Gasteiger partial charge in [0.05, 0.1) is 11.3 Å². The molecule has 0 bridgehead atoms. The summed E-state index contributed by atoms with van der Waals surface area (Å²) in [5.74, 6) is -1.33. The minimum atomic E-state index is -0.519. The van der Waals surface area contributed by atoms with Crippen LogP contribution in [0.1, 0.15) is 40.5 Å². The van der Waals surface area contributed by atoms with E-state index in [2.05, 4.69) is 0 Å². The molecule has 0 spiro atoms. The van der Waals surface area contributed by atoms with Crippen LogP contribution < -0.4 is 4.90 Å². The quantitative estimate of drug-likeness (QED) is 0.778. The third kappa shape index (κ3) is 3.60. The van der Waals surface area contributed by atoms with Gasteiger partial charge in [-0.1, -0.05) is 6.07 Å². The van der Waals surface area contributed by atoms with E-state index < -0.39 is 5.82 Å². The van der Waals surface area contributed by atoms with E-state index in [1.165, 1.54) is 37.3 Å². The first kappa shape index (κ1) is 17.3. The molecule has 3 nitrogen and oxygen atoms in total. The number of hydrogen-bond donors (Lipinski definition) is 0. The van der Waals surface area contributed by atoms with Gasteiger partial charge in [-0.3, -0.25) is 9.59 Å². The van der Waals surface area contributed by atoms with Crippen LogP contribution in [0, 0.1) is 17.6 Å². The zero-order valence-corrected chi connectivity index (χ0v) is 14.0. The molecule has 1 fully saturated rings. The van der Waals surface area contributed by atoms with Crippen LogP contribution in [0.3, 0.4) is 0 Å². The number of piperidine rings is 1. The summed E-state index contributed by atoms with van der Waals surface area (Å²) >= 11 is 0. The third-order valence-electron chi connectivity index (χ3n) is 4.68. The maximum Gasteiger partial charge on any atom is 0.166 e. The number of halogens is 2. The molecular formula is C20H19F2NO2. The summed E-state index contributed by atoms with van der Waals surface area (Å²) in [6.45, 7) is 2.50. The Morgan fingerprint density at radius 3 is 2.24 bits per heavy atom. The molecule has 0 atom stereocenters. The van der Waals surface area contributed by atoms with E-state index in [4.69, 9.17) is 0 Å². The SMILES string of the molecule is CC(=O)c1c(F)cccc1N1CCC(C(=O)c2ccc(F)cc2)CC1. The third-order valence-corrected chi connectivity index (χ3v) is 4.68. The molecule has 0 aliphatic carbocycles. The minimum absolute atomic E-state index is 0.00526. The molecule has 1 heterocycles. The molecule has 5 heteroatoms. The molecule has 2 aromatic carbocycles. The lowest BCUT2D eigenvalue weighted by Gasteiger charge is -2.34. The number of carbonyl (C=O) groups excluding carboxylic acids is 2. The molecule has 25 heavy (non-hydrogen) atoms. The Balaban J connectivity index is 1.72. The van der Waals surface area contributed by atoms with Crippen molar-refractivity contribution in [1.82, 2.24) is 0 Å². The molecule has 0 radical (unpaired) electrons.